The summed E-state index contributed by atoms with van der Waals surface area (Å²) in [6.45, 7) is 9.72. The second-order valence-electron chi connectivity index (χ2n) is 11.0. The summed E-state index contributed by atoms with van der Waals surface area (Å²) < 4.78 is 12.7. The number of unbranched alkanes of at least 4 members (excludes halogenated alkanes) is 18. The minimum atomic E-state index is -4.49. The van der Waals surface area contributed by atoms with Crippen molar-refractivity contribution in [3.8, 4) is 0 Å². The van der Waals surface area contributed by atoms with Gasteiger partial charge in [0, 0.05) is 0 Å². The van der Waals surface area contributed by atoms with E-state index in [-0.39, 0.29) is 7.60 Å². The van der Waals surface area contributed by atoms with Crippen molar-refractivity contribution in [2.24, 2.45) is 0 Å². The van der Waals surface area contributed by atoms with E-state index in [0.29, 0.717) is 26.1 Å². The molecule has 0 heterocycles. The fraction of sp³-hybridized carbons (Fsp3) is 0.938. The summed E-state index contributed by atoms with van der Waals surface area (Å²) in [5.41, 5.74) is 0. The Morgan fingerprint density at radius 2 is 0.676 bits per heavy atom. The van der Waals surface area contributed by atoms with E-state index in [1.807, 2.05) is 0 Å². The summed E-state index contributed by atoms with van der Waals surface area (Å²) in [4.78, 5) is 27.2. The van der Waals surface area contributed by atoms with Crippen LogP contribution in [0.3, 0.4) is 0 Å². The molecular formula is C32H64O4Sn. The van der Waals surface area contributed by atoms with Gasteiger partial charge in [-0.3, -0.25) is 0 Å². The Bertz CT molecular complexity index is 477. The third-order valence-electron chi connectivity index (χ3n) is 7.36. The Balaban J connectivity index is 4.79. The minimum absolute atomic E-state index is 0.0605. The van der Waals surface area contributed by atoms with Crippen molar-refractivity contribution in [3.63, 3.8) is 0 Å². The zero-order chi connectivity index (χ0) is 27.5. The number of carbonyl (C=O) groups excluding carboxylic acids is 2. The first-order chi connectivity index (χ1) is 18.1. The predicted octanol–water partition coefficient (Wildman–Crippen LogP) is 10.1. The Labute approximate surface area is 236 Å². The van der Waals surface area contributed by atoms with Crippen LogP contribution in [0.15, 0.2) is 0 Å². The molecule has 0 aromatic heterocycles. The first kappa shape index (κ1) is 37.1. The van der Waals surface area contributed by atoms with E-state index in [1.165, 1.54) is 89.9 Å². The van der Waals surface area contributed by atoms with Crippen LogP contribution in [-0.4, -0.2) is 40.0 Å². The summed E-state index contributed by atoms with van der Waals surface area (Å²) in [6, 6.07) is 0. The number of hydrogen-bond acceptors (Lipinski definition) is 4. The molecule has 0 amide bonds. The molecule has 0 bridgehead atoms. The van der Waals surface area contributed by atoms with E-state index < -0.39 is 19.2 Å². The second-order valence-corrected chi connectivity index (χ2v) is 19.4. The molecule has 0 aromatic rings. The van der Waals surface area contributed by atoms with E-state index in [4.69, 9.17) is 6.15 Å². The third-order valence-corrected chi connectivity index (χ3v) is 16.5. The molecule has 0 aliphatic rings. The van der Waals surface area contributed by atoms with Crippen molar-refractivity contribution in [3.05, 3.63) is 0 Å². The van der Waals surface area contributed by atoms with E-state index in [9.17, 15) is 9.59 Å². The van der Waals surface area contributed by atoms with Crippen molar-refractivity contribution in [1.82, 2.24) is 0 Å². The Kier molecular flexibility index (Phi) is 27.7. The average molecular weight is 632 g/mol. The molecule has 0 aliphatic carbocycles. The fourth-order valence-corrected chi connectivity index (χ4v) is 13.1. The average Bonchev–Trinajstić information content (AvgIpc) is 2.90. The SMILES string of the molecule is CCCCCCCCCCC[C](=O)[Sn]([O]CCCC)([O]CCCC)[C](=O)CCCCCCCCCCC. The molecule has 4 nitrogen and oxygen atoms in total. The van der Waals surface area contributed by atoms with Crippen LogP contribution in [0.2, 0.25) is 0 Å². The van der Waals surface area contributed by atoms with Gasteiger partial charge in [-0.2, -0.15) is 0 Å². The summed E-state index contributed by atoms with van der Waals surface area (Å²) in [6.07, 6.45) is 26.6. The van der Waals surface area contributed by atoms with Crippen molar-refractivity contribution in [1.29, 1.82) is 0 Å². The van der Waals surface area contributed by atoms with Crippen LogP contribution in [0.5, 0.6) is 0 Å². The molecule has 0 fully saturated rings. The predicted molar refractivity (Wildman–Crippen MR) is 161 cm³/mol. The molecule has 0 rings (SSSR count). The summed E-state index contributed by atoms with van der Waals surface area (Å²) in [5, 5.41) is 0. The Morgan fingerprint density at radius 3 is 0.973 bits per heavy atom. The number of hydrogen-bond donors (Lipinski definition) is 0. The number of carbonyl (C=O) groups is 2. The molecule has 0 N–H and O–H groups in total. The van der Waals surface area contributed by atoms with Crippen molar-refractivity contribution in [2.45, 2.75) is 182 Å². The van der Waals surface area contributed by atoms with E-state index in [1.54, 1.807) is 0 Å². The molecule has 0 atom stereocenters. The van der Waals surface area contributed by atoms with Gasteiger partial charge in [0.25, 0.3) is 0 Å². The molecular weight excluding hydrogens is 567 g/mol. The molecule has 0 aromatic carbocycles. The van der Waals surface area contributed by atoms with Gasteiger partial charge in [0.05, 0.1) is 0 Å². The third kappa shape index (κ3) is 19.7. The van der Waals surface area contributed by atoms with Crippen molar-refractivity contribution < 1.29 is 15.7 Å². The van der Waals surface area contributed by atoms with Crippen LogP contribution >= 0.6 is 0 Å². The van der Waals surface area contributed by atoms with Gasteiger partial charge in [-0.25, -0.2) is 0 Å². The normalized spacial score (nSPS) is 11.8. The van der Waals surface area contributed by atoms with Crippen LogP contribution in [-0.2, 0) is 15.7 Å². The molecule has 0 saturated carbocycles. The van der Waals surface area contributed by atoms with E-state index >= 15 is 0 Å². The second kappa shape index (κ2) is 27.6. The zero-order valence-electron chi connectivity index (χ0n) is 25.5. The van der Waals surface area contributed by atoms with Gasteiger partial charge >= 0.3 is 238 Å². The number of rotatable bonds is 30. The van der Waals surface area contributed by atoms with Gasteiger partial charge in [0.1, 0.15) is 0 Å². The van der Waals surface area contributed by atoms with Crippen molar-refractivity contribution in [2.75, 3.05) is 13.2 Å². The van der Waals surface area contributed by atoms with Gasteiger partial charge in [-0.05, 0) is 0 Å². The first-order valence-corrected chi connectivity index (χ1v) is 21.6. The summed E-state index contributed by atoms with van der Waals surface area (Å²) in [5.74, 6) is 0. The maximum atomic E-state index is 13.6. The molecule has 0 radical (unpaired) electrons. The molecule has 0 saturated heterocycles. The van der Waals surface area contributed by atoms with Crippen molar-refractivity contribution >= 4 is 26.8 Å². The standard InChI is InChI=1S/2C12H23O.2C4H9O.Sn/c2*1-2-3-4-5-6-7-8-9-10-11-12-13;2*1-2-3-4-5;/h2*2-11H2,1H3;2*2-4H2,1H3;/q;;2*-1;+2. The fourth-order valence-electron chi connectivity index (χ4n) is 4.76. The molecule has 220 valence electrons. The molecule has 5 heteroatoms. The Morgan fingerprint density at radius 1 is 0.405 bits per heavy atom. The molecule has 37 heavy (non-hydrogen) atoms. The summed E-state index contributed by atoms with van der Waals surface area (Å²) in [7, 11) is 0. The first-order valence-electron chi connectivity index (χ1n) is 16.4. The zero-order valence-corrected chi connectivity index (χ0v) is 28.4. The monoisotopic (exact) mass is 632 g/mol. The van der Waals surface area contributed by atoms with Crippen LogP contribution in [0.4, 0.5) is 0 Å². The van der Waals surface area contributed by atoms with Gasteiger partial charge in [-0.15, -0.1) is 0 Å². The topological polar surface area (TPSA) is 52.6 Å². The van der Waals surface area contributed by atoms with Gasteiger partial charge in [0.2, 0.25) is 0 Å². The van der Waals surface area contributed by atoms with Crippen LogP contribution in [0.25, 0.3) is 0 Å². The molecule has 0 unspecified atom stereocenters. The quantitative estimate of drug-likeness (QED) is 0.0585. The maximum absolute atomic E-state index is 13.6. The Hall–Kier alpha value is 0.0587. The van der Waals surface area contributed by atoms with Crippen LogP contribution in [0, 0.1) is 0 Å². The van der Waals surface area contributed by atoms with E-state index in [0.717, 1.165) is 51.4 Å². The van der Waals surface area contributed by atoms with Crippen LogP contribution in [0.1, 0.15) is 182 Å². The van der Waals surface area contributed by atoms with Gasteiger partial charge in [-0.1, -0.05) is 0 Å². The van der Waals surface area contributed by atoms with Crippen LogP contribution < -0.4 is 0 Å². The van der Waals surface area contributed by atoms with Gasteiger partial charge in [0.15, 0.2) is 0 Å². The molecule has 0 spiro atoms. The summed E-state index contributed by atoms with van der Waals surface area (Å²) >= 11 is -4.49. The van der Waals surface area contributed by atoms with E-state index in [2.05, 4.69) is 27.7 Å². The van der Waals surface area contributed by atoms with Gasteiger partial charge < -0.3 is 0 Å². The molecule has 0 aliphatic heterocycles.